The molecule has 0 saturated heterocycles. The minimum atomic E-state index is -0.00212. The van der Waals surface area contributed by atoms with E-state index in [-0.39, 0.29) is 11.9 Å². The predicted molar refractivity (Wildman–Crippen MR) is 73.2 cm³/mol. The van der Waals surface area contributed by atoms with Crippen LogP contribution < -0.4 is 10.2 Å². The topological polar surface area (TPSA) is 45.2 Å². The highest BCUT2D eigenvalue weighted by molar-refractivity contribution is 9.10. The lowest BCUT2D eigenvalue weighted by Gasteiger charge is -2.20. The third kappa shape index (κ3) is 4.00. The summed E-state index contributed by atoms with van der Waals surface area (Å²) in [4.78, 5) is 17.7. The summed E-state index contributed by atoms with van der Waals surface area (Å²) in [5.74, 6) is 0.779. The third-order valence-corrected chi connectivity index (χ3v) is 3.24. The van der Waals surface area contributed by atoms with Gasteiger partial charge in [0.2, 0.25) is 5.91 Å². The standard InChI is InChI=1S/C12H18BrN3O/c1-8(2)15-10(17)7-16(4)12-11(13)9(3)5-6-14-12/h5-6,8H,7H2,1-4H3,(H,15,17). The monoisotopic (exact) mass is 299 g/mol. The number of hydrogen-bond donors (Lipinski definition) is 1. The van der Waals surface area contributed by atoms with Crippen LogP contribution in [0, 0.1) is 6.92 Å². The summed E-state index contributed by atoms with van der Waals surface area (Å²) in [6.07, 6.45) is 1.74. The van der Waals surface area contributed by atoms with Crippen LogP contribution in [0.2, 0.25) is 0 Å². The largest absolute Gasteiger partial charge is 0.352 e. The summed E-state index contributed by atoms with van der Waals surface area (Å²) in [6.45, 7) is 6.18. The van der Waals surface area contributed by atoms with Gasteiger partial charge in [-0.15, -0.1) is 0 Å². The Morgan fingerprint density at radius 2 is 2.24 bits per heavy atom. The van der Waals surface area contributed by atoms with Crippen molar-refractivity contribution in [2.24, 2.45) is 0 Å². The Morgan fingerprint density at radius 1 is 1.59 bits per heavy atom. The molecule has 0 aliphatic rings. The van der Waals surface area contributed by atoms with Gasteiger partial charge in [0.1, 0.15) is 5.82 Å². The Morgan fingerprint density at radius 3 is 2.82 bits per heavy atom. The zero-order valence-corrected chi connectivity index (χ0v) is 12.2. The predicted octanol–water partition coefficient (Wildman–Crippen LogP) is 2.11. The first kappa shape index (κ1) is 14.0. The van der Waals surface area contributed by atoms with Crippen LogP contribution >= 0.6 is 15.9 Å². The van der Waals surface area contributed by atoms with Crippen LogP contribution in [0.5, 0.6) is 0 Å². The number of aryl methyl sites for hydroxylation is 1. The lowest BCUT2D eigenvalue weighted by molar-refractivity contribution is -0.120. The van der Waals surface area contributed by atoms with E-state index in [2.05, 4.69) is 26.2 Å². The molecule has 5 heteroatoms. The maximum atomic E-state index is 11.6. The van der Waals surface area contributed by atoms with E-state index in [1.807, 2.05) is 38.8 Å². The summed E-state index contributed by atoms with van der Waals surface area (Å²) in [6, 6.07) is 2.08. The molecule has 1 heterocycles. The first-order valence-corrected chi connectivity index (χ1v) is 6.32. The van der Waals surface area contributed by atoms with E-state index < -0.39 is 0 Å². The van der Waals surface area contributed by atoms with Crippen LogP contribution in [0.15, 0.2) is 16.7 Å². The van der Waals surface area contributed by atoms with Crippen molar-refractivity contribution in [1.82, 2.24) is 10.3 Å². The number of pyridine rings is 1. The van der Waals surface area contributed by atoms with Gasteiger partial charge in [0.25, 0.3) is 0 Å². The fraction of sp³-hybridized carbons (Fsp3) is 0.500. The van der Waals surface area contributed by atoms with Crippen LogP contribution in [-0.2, 0) is 4.79 Å². The van der Waals surface area contributed by atoms with Crippen LogP contribution in [0.3, 0.4) is 0 Å². The minimum absolute atomic E-state index is 0.00212. The molecule has 0 saturated carbocycles. The maximum Gasteiger partial charge on any atom is 0.239 e. The van der Waals surface area contributed by atoms with Crippen molar-refractivity contribution >= 4 is 27.7 Å². The van der Waals surface area contributed by atoms with Gasteiger partial charge in [-0.25, -0.2) is 4.98 Å². The molecule has 1 amide bonds. The van der Waals surface area contributed by atoms with Crippen molar-refractivity contribution in [3.63, 3.8) is 0 Å². The number of hydrogen-bond acceptors (Lipinski definition) is 3. The third-order valence-electron chi connectivity index (χ3n) is 2.26. The average Bonchev–Trinajstić information content (AvgIpc) is 2.20. The number of anilines is 1. The van der Waals surface area contributed by atoms with Gasteiger partial charge in [-0.2, -0.15) is 0 Å². The van der Waals surface area contributed by atoms with E-state index in [9.17, 15) is 4.79 Å². The number of carbonyl (C=O) groups excluding carboxylic acids is 1. The number of nitrogens with one attached hydrogen (secondary N) is 1. The van der Waals surface area contributed by atoms with Crippen molar-refractivity contribution < 1.29 is 4.79 Å². The van der Waals surface area contributed by atoms with E-state index in [4.69, 9.17) is 0 Å². The van der Waals surface area contributed by atoms with E-state index >= 15 is 0 Å². The molecule has 1 rings (SSSR count). The molecular weight excluding hydrogens is 282 g/mol. The summed E-state index contributed by atoms with van der Waals surface area (Å²) < 4.78 is 0.930. The molecular formula is C12H18BrN3O. The fourth-order valence-corrected chi connectivity index (χ4v) is 1.99. The van der Waals surface area contributed by atoms with Gasteiger partial charge in [-0.05, 0) is 48.3 Å². The molecule has 0 aliphatic carbocycles. The van der Waals surface area contributed by atoms with Gasteiger partial charge >= 0.3 is 0 Å². The van der Waals surface area contributed by atoms with Gasteiger partial charge in [-0.1, -0.05) is 0 Å². The second kappa shape index (κ2) is 6.00. The van der Waals surface area contributed by atoms with Crippen molar-refractivity contribution in [1.29, 1.82) is 0 Å². The summed E-state index contributed by atoms with van der Waals surface area (Å²) >= 11 is 3.49. The summed E-state index contributed by atoms with van der Waals surface area (Å²) in [5.41, 5.74) is 1.10. The zero-order valence-electron chi connectivity index (χ0n) is 10.6. The number of halogens is 1. The van der Waals surface area contributed by atoms with E-state index in [1.165, 1.54) is 0 Å². The van der Waals surface area contributed by atoms with Gasteiger partial charge in [-0.3, -0.25) is 4.79 Å². The number of amides is 1. The highest BCUT2D eigenvalue weighted by atomic mass is 79.9. The van der Waals surface area contributed by atoms with Gasteiger partial charge < -0.3 is 10.2 Å². The summed E-state index contributed by atoms with van der Waals surface area (Å²) in [7, 11) is 1.85. The molecule has 1 aromatic rings. The van der Waals surface area contributed by atoms with Gasteiger partial charge in [0.15, 0.2) is 0 Å². The molecule has 0 spiro atoms. The van der Waals surface area contributed by atoms with E-state index in [1.54, 1.807) is 6.20 Å². The lowest BCUT2D eigenvalue weighted by Crippen LogP contribution is -2.39. The minimum Gasteiger partial charge on any atom is -0.352 e. The van der Waals surface area contributed by atoms with Crippen molar-refractivity contribution in [2.75, 3.05) is 18.5 Å². The second-order valence-electron chi connectivity index (χ2n) is 4.34. The highest BCUT2D eigenvalue weighted by Crippen LogP contribution is 2.25. The Hall–Kier alpha value is -1.10. The molecule has 4 nitrogen and oxygen atoms in total. The Balaban J connectivity index is 2.73. The molecule has 17 heavy (non-hydrogen) atoms. The second-order valence-corrected chi connectivity index (χ2v) is 5.14. The highest BCUT2D eigenvalue weighted by Gasteiger charge is 2.12. The SMILES string of the molecule is Cc1ccnc(N(C)CC(=O)NC(C)C)c1Br. The van der Waals surface area contributed by atoms with E-state index in [0.717, 1.165) is 15.9 Å². The smallest absolute Gasteiger partial charge is 0.239 e. The Kier molecular flexibility index (Phi) is 4.93. The van der Waals surface area contributed by atoms with Crippen molar-refractivity contribution in [3.8, 4) is 0 Å². The van der Waals surface area contributed by atoms with Crippen LogP contribution in [0.25, 0.3) is 0 Å². The molecule has 1 N–H and O–H groups in total. The Bertz CT molecular complexity index is 407. The number of likely N-dealkylation sites (N-methyl/N-ethyl adjacent to an activating group) is 1. The number of rotatable bonds is 4. The number of carbonyl (C=O) groups is 1. The first-order chi connectivity index (χ1) is 7.91. The fourth-order valence-electron chi connectivity index (χ4n) is 1.45. The molecule has 0 aromatic carbocycles. The van der Waals surface area contributed by atoms with Crippen LogP contribution in [0.4, 0.5) is 5.82 Å². The van der Waals surface area contributed by atoms with Crippen molar-refractivity contribution in [3.05, 3.63) is 22.3 Å². The van der Waals surface area contributed by atoms with Crippen LogP contribution in [-0.4, -0.2) is 30.5 Å². The molecule has 0 radical (unpaired) electrons. The van der Waals surface area contributed by atoms with E-state index in [0.29, 0.717) is 6.54 Å². The molecule has 0 bridgehead atoms. The summed E-state index contributed by atoms with van der Waals surface area (Å²) in [5, 5.41) is 2.85. The normalized spacial score (nSPS) is 10.5. The molecule has 0 atom stereocenters. The van der Waals surface area contributed by atoms with Crippen molar-refractivity contribution in [2.45, 2.75) is 26.8 Å². The molecule has 0 fully saturated rings. The molecule has 94 valence electrons. The van der Waals surface area contributed by atoms with Crippen LogP contribution in [0.1, 0.15) is 19.4 Å². The first-order valence-electron chi connectivity index (χ1n) is 5.53. The average molecular weight is 300 g/mol. The molecule has 0 unspecified atom stereocenters. The molecule has 1 aromatic heterocycles. The molecule has 0 aliphatic heterocycles. The number of nitrogens with zero attached hydrogens (tertiary/aromatic N) is 2. The quantitative estimate of drug-likeness (QED) is 0.926. The Labute approximate surface area is 111 Å². The maximum absolute atomic E-state index is 11.6. The zero-order chi connectivity index (χ0) is 13.0. The lowest BCUT2D eigenvalue weighted by atomic mass is 10.3. The van der Waals surface area contributed by atoms with Gasteiger partial charge in [0.05, 0.1) is 11.0 Å². The number of aromatic nitrogens is 1. The van der Waals surface area contributed by atoms with Gasteiger partial charge in [0, 0.05) is 19.3 Å².